The molecule has 1 saturated heterocycles. The van der Waals surface area contributed by atoms with Crippen LogP contribution in [0.3, 0.4) is 0 Å². The molecule has 0 bridgehead atoms. The predicted molar refractivity (Wildman–Crippen MR) is 63.9 cm³/mol. The second kappa shape index (κ2) is 5.66. The highest BCUT2D eigenvalue weighted by molar-refractivity contribution is 5.92. The zero-order valence-corrected chi connectivity index (χ0v) is 10.4. The Balaban J connectivity index is 2.08. The van der Waals surface area contributed by atoms with Crippen molar-refractivity contribution in [3.63, 3.8) is 0 Å². The summed E-state index contributed by atoms with van der Waals surface area (Å²) in [4.78, 5) is 25.3. The fourth-order valence-electron chi connectivity index (χ4n) is 2.29. The van der Waals surface area contributed by atoms with Crippen LogP contribution in [0.2, 0.25) is 0 Å². The van der Waals surface area contributed by atoms with E-state index >= 15 is 0 Å². The highest BCUT2D eigenvalue weighted by Gasteiger charge is 2.29. The molecular weight excluding hydrogens is 234 g/mol. The fourth-order valence-corrected chi connectivity index (χ4v) is 2.29. The van der Waals surface area contributed by atoms with E-state index in [-0.39, 0.29) is 24.3 Å². The van der Waals surface area contributed by atoms with Crippen molar-refractivity contribution in [3.05, 3.63) is 18.0 Å². The van der Waals surface area contributed by atoms with E-state index < -0.39 is 0 Å². The van der Waals surface area contributed by atoms with Crippen molar-refractivity contribution >= 4 is 11.9 Å². The molecule has 6 heteroatoms. The number of aromatic amines is 1. The van der Waals surface area contributed by atoms with Gasteiger partial charge in [0.05, 0.1) is 13.5 Å². The van der Waals surface area contributed by atoms with Gasteiger partial charge in [0.2, 0.25) is 0 Å². The van der Waals surface area contributed by atoms with Gasteiger partial charge in [0.15, 0.2) is 0 Å². The summed E-state index contributed by atoms with van der Waals surface area (Å²) in [5, 5.41) is 6.44. The van der Waals surface area contributed by atoms with Crippen molar-refractivity contribution in [1.82, 2.24) is 15.1 Å². The van der Waals surface area contributed by atoms with Gasteiger partial charge in [-0.15, -0.1) is 0 Å². The molecule has 0 aliphatic carbocycles. The zero-order chi connectivity index (χ0) is 13.0. The summed E-state index contributed by atoms with van der Waals surface area (Å²) in [5.41, 5.74) is 0.465. The lowest BCUT2D eigenvalue weighted by molar-refractivity contribution is -0.142. The van der Waals surface area contributed by atoms with Crippen LogP contribution < -0.4 is 0 Å². The molecule has 1 atom stereocenters. The Labute approximate surface area is 105 Å². The Morgan fingerprint density at radius 2 is 2.39 bits per heavy atom. The number of methoxy groups -OCH3 is 1. The predicted octanol–water partition coefficient (Wildman–Crippen LogP) is 0.967. The first kappa shape index (κ1) is 12.6. The molecule has 0 radical (unpaired) electrons. The molecule has 18 heavy (non-hydrogen) atoms. The number of esters is 1. The molecule has 1 fully saturated rings. The second-order valence-electron chi connectivity index (χ2n) is 4.40. The average molecular weight is 251 g/mol. The average Bonchev–Trinajstić information content (AvgIpc) is 2.92. The Kier molecular flexibility index (Phi) is 3.96. The van der Waals surface area contributed by atoms with Gasteiger partial charge >= 0.3 is 5.97 Å². The van der Waals surface area contributed by atoms with Crippen LogP contribution in [0.5, 0.6) is 0 Å². The smallest absolute Gasteiger partial charge is 0.307 e. The third-order valence-corrected chi connectivity index (χ3v) is 3.25. The first-order valence-corrected chi connectivity index (χ1v) is 6.09. The molecule has 6 nitrogen and oxygen atoms in total. The van der Waals surface area contributed by atoms with Gasteiger partial charge in [-0.05, 0) is 25.3 Å². The van der Waals surface area contributed by atoms with Crippen LogP contribution >= 0.6 is 0 Å². The summed E-state index contributed by atoms with van der Waals surface area (Å²) in [7, 11) is 1.37. The van der Waals surface area contributed by atoms with Gasteiger partial charge < -0.3 is 9.64 Å². The molecule has 98 valence electrons. The molecule has 1 aromatic rings. The van der Waals surface area contributed by atoms with E-state index in [1.54, 1.807) is 17.2 Å². The maximum absolute atomic E-state index is 12.2. The minimum Gasteiger partial charge on any atom is -0.469 e. The van der Waals surface area contributed by atoms with Crippen LogP contribution in [0, 0.1) is 0 Å². The van der Waals surface area contributed by atoms with Gasteiger partial charge in [0.1, 0.15) is 5.69 Å². The van der Waals surface area contributed by atoms with E-state index in [1.807, 2.05) is 0 Å². The summed E-state index contributed by atoms with van der Waals surface area (Å²) in [6.45, 7) is 0.680. The van der Waals surface area contributed by atoms with Crippen molar-refractivity contribution in [2.75, 3.05) is 13.7 Å². The number of aromatic nitrogens is 2. The molecular formula is C12H17N3O3. The zero-order valence-electron chi connectivity index (χ0n) is 10.4. The maximum Gasteiger partial charge on any atom is 0.307 e. The van der Waals surface area contributed by atoms with Crippen LogP contribution in [0.4, 0.5) is 0 Å². The maximum atomic E-state index is 12.2. The van der Waals surface area contributed by atoms with Gasteiger partial charge in [-0.3, -0.25) is 14.7 Å². The number of carbonyl (C=O) groups excluding carboxylic acids is 2. The number of H-pyrrole nitrogens is 1. The number of likely N-dealkylation sites (tertiary alicyclic amines) is 1. The Morgan fingerprint density at radius 1 is 1.56 bits per heavy atom. The van der Waals surface area contributed by atoms with Gasteiger partial charge in [-0.1, -0.05) is 0 Å². The summed E-state index contributed by atoms with van der Waals surface area (Å²) in [5.74, 6) is -0.370. The van der Waals surface area contributed by atoms with E-state index in [1.165, 1.54) is 7.11 Å². The molecule has 2 rings (SSSR count). The SMILES string of the molecule is COC(=O)CC1CCCCN1C(=O)c1ccn[nH]1. The lowest BCUT2D eigenvalue weighted by atomic mass is 9.99. The number of amides is 1. The van der Waals surface area contributed by atoms with Gasteiger partial charge in [-0.25, -0.2) is 0 Å². The normalized spacial score (nSPS) is 19.6. The molecule has 1 aliphatic heterocycles. The fraction of sp³-hybridized carbons (Fsp3) is 0.583. The summed E-state index contributed by atoms with van der Waals surface area (Å²) in [6, 6.07) is 1.58. The lowest BCUT2D eigenvalue weighted by Gasteiger charge is -2.34. The first-order valence-electron chi connectivity index (χ1n) is 6.09. The van der Waals surface area contributed by atoms with Crippen LogP contribution in [0.1, 0.15) is 36.2 Å². The molecule has 1 aromatic heterocycles. The molecule has 2 heterocycles. The lowest BCUT2D eigenvalue weighted by Crippen LogP contribution is -2.45. The quantitative estimate of drug-likeness (QED) is 0.812. The highest BCUT2D eigenvalue weighted by Crippen LogP contribution is 2.21. The van der Waals surface area contributed by atoms with E-state index in [4.69, 9.17) is 0 Å². The minimum absolute atomic E-state index is 0.0676. The largest absolute Gasteiger partial charge is 0.469 e. The highest BCUT2D eigenvalue weighted by atomic mass is 16.5. The second-order valence-corrected chi connectivity index (χ2v) is 4.40. The first-order chi connectivity index (χ1) is 8.72. The number of nitrogens with zero attached hydrogens (tertiary/aromatic N) is 2. The monoisotopic (exact) mass is 251 g/mol. The van der Waals surface area contributed by atoms with Crippen LogP contribution in [0.25, 0.3) is 0 Å². The topological polar surface area (TPSA) is 75.3 Å². The molecule has 0 saturated carbocycles. The molecule has 1 unspecified atom stereocenters. The van der Waals surface area contributed by atoms with Crippen LogP contribution in [-0.2, 0) is 9.53 Å². The van der Waals surface area contributed by atoms with Crippen LogP contribution in [-0.4, -0.2) is 46.7 Å². The van der Waals surface area contributed by atoms with E-state index in [0.717, 1.165) is 19.3 Å². The van der Waals surface area contributed by atoms with E-state index in [9.17, 15) is 9.59 Å². The molecule has 1 amide bonds. The van der Waals surface area contributed by atoms with Crippen molar-refractivity contribution < 1.29 is 14.3 Å². The van der Waals surface area contributed by atoms with E-state index in [0.29, 0.717) is 12.2 Å². The molecule has 1 N–H and O–H groups in total. The van der Waals surface area contributed by atoms with Crippen molar-refractivity contribution in [1.29, 1.82) is 0 Å². The van der Waals surface area contributed by atoms with Crippen molar-refractivity contribution in [2.45, 2.75) is 31.7 Å². The van der Waals surface area contributed by atoms with Crippen molar-refractivity contribution in [2.24, 2.45) is 0 Å². The Hall–Kier alpha value is -1.85. The molecule has 0 aromatic carbocycles. The number of carbonyl (C=O) groups is 2. The number of hydrogen-bond acceptors (Lipinski definition) is 4. The van der Waals surface area contributed by atoms with Crippen molar-refractivity contribution in [3.8, 4) is 0 Å². The number of ether oxygens (including phenoxy) is 1. The van der Waals surface area contributed by atoms with E-state index in [2.05, 4.69) is 14.9 Å². The number of piperidine rings is 1. The summed E-state index contributed by atoms with van der Waals surface area (Å²) < 4.78 is 4.67. The standard InChI is InChI=1S/C12H17N3O3/c1-18-11(16)8-9-4-2-3-7-15(9)12(17)10-5-6-13-14-10/h5-6,9H,2-4,7-8H2,1H3,(H,13,14). The number of nitrogens with one attached hydrogen (secondary N) is 1. The van der Waals surface area contributed by atoms with Gasteiger partial charge in [0, 0.05) is 18.8 Å². The minimum atomic E-state index is -0.274. The Morgan fingerprint density at radius 3 is 3.06 bits per heavy atom. The number of hydrogen-bond donors (Lipinski definition) is 1. The molecule has 1 aliphatic rings. The summed E-state index contributed by atoms with van der Waals surface area (Å²) >= 11 is 0. The number of rotatable bonds is 3. The molecule has 0 spiro atoms. The van der Waals surface area contributed by atoms with Crippen LogP contribution in [0.15, 0.2) is 12.3 Å². The third kappa shape index (κ3) is 2.69. The Bertz CT molecular complexity index is 416. The van der Waals surface area contributed by atoms with Gasteiger partial charge in [-0.2, -0.15) is 5.10 Å². The van der Waals surface area contributed by atoms with Gasteiger partial charge in [0.25, 0.3) is 5.91 Å². The third-order valence-electron chi connectivity index (χ3n) is 3.25. The summed E-state index contributed by atoms with van der Waals surface area (Å²) in [6.07, 6.45) is 4.66.